The van der Waals surface area contributed by atoms with E-state index < -0.39 is 0 Å². The van der Waals surface area contributed by atoms with Crippen LogP contribution < -0.4 is 0 Å². The first-order valence-corrected chi connectivity index (χ1v) is 5.35. The molecule has 0 atom stereocenters. The van der Waals surface area contributed by atoms with Crippen molar-refractivity contribution in [3.8, 4) is 11.1 Å². The minimum atomic E-state index is 0.185. The molecular formula is C13H15NO2. The molecule has 1 N–H and O–H groups in total. The summed E-state index contributed by atoms with van der Waals surface area (Å²) in [4.78, 5) is 0. The maximum absolute atomic E-state index is 8.84. The molecular weight excluding hydrogens is 202 g/mol. The summed E-state index contributed by atoms with van der Waals surface area (Å²) in [5.41, 5.74) is 4.22. The summed E-state index contributed by atoms with van der Waals surface area (Å²) >= 11 is 0. The van der Waals surface area contributed by atoms with Gasteiger partial charge in [0, 0.05) is 12.2 Å². The number of aromatic nitrogens is 1. The number of benzene rings is 1. The molecule has 0 bridgehead atoms. The summed E-state index contributed by atoms with van der Waals surface area (Å²) in [7, 11) is 0. The number of hydrogen-bond donors (Lipinski definition) is 1. The summed E-state index contributed by atoms with van der Waals surface area (Å²) in [6.07, 6.45) is 0.696. The SMILES string of the molecule is Cc1noc(C)c1-c1ccc(CCO)cc1. The van der Waals surface area contributed by atoms with Gasteiger partial charge >= 0.3 is 0 Å². The fourth-order valence-corrected chi connectivity index (χ4v) is 1.86. The van der Waals surface area contributed by atoms with Crippen molar-refractivity contribution in [2.45, 2.75) is 20.3 Å². The monoisotopic (exact) mass is 217 g/mol. The average Bonchev–Trinajstić information content (AvgIpc) is 2.61. The topological polar surface area (TPSA) is 46.3 Å². The van der Waals surface area contributed by atoms with E-state index in [1.165, 1.54) is 0 Å². The van der Waals surface area contributed by atoms with Gasteiger partial charge in [-0.15, -0.1) is 0 Å². The standard InChI is InChI=1S/C13H15NO2/c1-9-13(10(2)16-14-9)12-5-3-11(4-6-12)7-8-15/h3-6,15H,7-8H2,1-2H3. The third-order valence-corrected chi connectivity index (χ3v) is 2.68. The number of nitrogens with zero attached hydrogens (tertiary/aromatic N) is 1. The Morgan fingerprint density at radius 1 is 1.19 bits per heavy atom. The highest BCUT2D eigenvalue weighted by atomic mass is 16.5. The number of aliphatic hydroxyl groups is 1. The number of aryl methyl sites for hydroxylation is 2. The maximum Gasteiger partial charge on any atom is 0.141 e. The second-order valence-corrected chi connectivity index (χ2v) is 3.87. The van der Waals surface area contributed by atoms with Crippen molar-refractivity contribution in [1.29, 1.82) is 0 Å². The molecule has 0 radical (unpaired) electrons. The lowest BCUT2D eigenvalue weighted by molar-refractivity contribution is 0.299. The minimum absolute atomic E-state index is 0.185. The molecule has 0 aliphatic rings. The van der Waals surface area contributed by atoms with E-state index in [9.17, 15) is 0 Å². The predicted octanol–water partition coefficient (Wildman–Crippen LogP) is 2.49. The van der Waals surface area contributed by atoms with Gasteiger partial charge in [0.05, 0.1) is 5.69 Å². The molecule has 1 aromatic carbocycles. The highest BCUT2D eigenvalue weighted by molar-refractivity contribution is 5.67. The van der Waals surface area contributed by atoms with Crippen LogP contribution in [0.2, 0.25) is 0 Å². The first-order valence-electron chi connectivity index (χ1n) is 5.35. The number of rotatable bonds is 3. The molecule has 0 aliphatic carbocycles. The fraction of sp³-hybridized carbons (Fsp3) is 0.308. The molecule has 0 saturated heterocycles. The van der Waals surface area contributed by atoms with Gasteiger partial charge in [-0.3, -0.25) is 0 Å². The summed E-state index contributed by atoms with van der Waals surface area (Å²) < 4.78 is 5.14. The van der Waals surface area contributed by atoms with Crippen LogP contribution in [0.1, 0.15) is 17.0 Å². The molecule has 0 amide bonds. The van der Waals surface area contributed by atoms with E-state index in [4.69, 9.17) is 9.63 Å². The highest BCUT2D eigenvalue weighted by Gasteiger charge is 2.10. The lowest BCUT2D eigenvalue weighted by Gasteiger charge is -2.02. The molecule has 0 spiro atoms. The molecule has 84 valence electrons. The van der Waals surface area contributed by atoms with Crippen molar-refractivity contribution < 1.29 is 9.63 Å². The summed E-state index contributed by atoms with van der Waals surface area (Å²) in [6, 6.07) is 8.13. The number of aliphatic hydroxyl groups excluding tert-OH is 1. The quantitative estimate of drug-likeness (QED) is 0.859. The van der Waals surface area contributed by atoms with E-state index in [1.807, 2.05) is 38.1 Å². The van der Waals surface area contributed by atoms with Gasteiger partial charge in [-0.05, 0) is 31.4 Å². The first-order chi connectivity index (χ1) is 7.72. The maximum atomic E-state index is 8.84. The Bertz CT molecular complexity index is 452. The third-order valence-electron chi connectivity index (χ3n) is 2.68. The van der Waals surface area contributed by atoms with Crippen LogP contribution in [-0.2, 0) is 6.42 Å². The van der Waals surface area contributed by atoms with Crippen molar-refractivity contribution in [2.24, 2.45) is 0 Å². The Labute approximate surface area is 94.7 Å². The molecule has 3 nitrogen and oxygen atoms in total. The zero-order valence-corrected chi connectivity index (χ0v) is 9.53. The predicted molar refractivity (Wildman–Crippen MR) is 62.2 cm³/mol. The molecule has 3 heteroatoms. The van der Waals surface area contributed by atoms with E-state index in [1.54, 1.807) is 0 Å². The Morgan fingerprint density at radius 2 is 1.88 bits per heavy atom. The second kappa shape index (κ2) is 4.49. The van der Waals surface area contributed by atoms with Gasteiger partial charge in [0.25, 0.3) is 0 Å². The third kappa shape index (κ3) is 1.99. The van der Waals surface area contributed by atoms with Crippen LogP contribution >= 0.6 is 0 Å². The Kier molecular flexibility index (Phi) is 3.06. The molecule has 16 heavy (non-hydrogen) atoms. The van der Waals surface area contributed by atoms with Gasteiger partial charge in [-0.1, -0.05) is 29.4 Å². The van der Waals surface area contributed by atoms with Gasteiger partial charge in [0.1, 0.15) is 5.76 Å². The van der Waals surface area contributed by atoms with E-state index in [0.717, 1.165) is 28.1 Å². The molecule has 2 rings (SSSR count). The number of hydrogen-bond acceptors (Lipinski definition) is 3. The second-order valence-electron chi connectivity index (χ2n) is 3.87. The van der Waals surface area contributed by atoms with E-state index in [2.05, 4.69) is 5.16 Å². The highest BCUT2D eigenvalue weighted by Crippen LogP contribution is 2.26. The van der Waals surface area contributed by atoms with Crippen molar-refractivity contribution in [2.75, 3.05) is 6.61 Å². The van der Waals surface area contributed by atoms with Crippen molar-refractivity contribution in [3.05, 3.63) is 41.3 Å². The van der Waals surface area contributed by atoms with Crippen LogP contribution in [0, 0.1) is 13.8 Å². The molecule has 1 aromatic heterocycles. The van der Waals surface area contributed by atoms with Gasteiger partial charge in [0.2, 0.25) is 0 Å². The van der Waals surface area contributed by atoms with Crippen LogP contribution in [0.15, 0.2) is 28.8 Å². The molecule has 0 unspecified atom stereocenters. The van der Waals surface area contributed by atoms with Crippen LogP contribution in [0.5, 0.6) is 0 Å². The van der Waals surface area contributed by atoms with E-state index >= 15 is 0 Å². The fourth-order valence-electron chi connectivity index (χ4n) is 1.86. The van der Waals surface area contributed by atoms with Gasteiger partial charge < -0.3 is 9.63 Å². The molecule has 0 saturated carbocycles. The van der Waals surface area contributed by atoms with Gasteiger partial charge in [-0.25, -0.2) is 0 Å². The Morgan fingerprint density at radius 3 is 2.38 bits per heavy atom. The largest absolute Gasteiger partial charge is 0.396 e. The van der Waals surface area contributed by atoms with Crippen LogP contribution in [-0.4, -0.2) is 16.9 Å². The summed E-state index contributed by atoms with van der Waals surface area (Å²) in [6.45, 7) is 4.04. The van der Waals surface area contributed by atoms with Crippen molar-refractivity contribution in [3.63, 3.8) is 0 Å². The molecule has 1 heterocycles. The smallest absolute Gasteiger partial charge is 0.141 e. The van der Waals surface area contributed by atoms with Crippen molar-refractivity contribution in [1.82, 2.24) is 5.16 Å². The molecule has 0 fully saturated rings. The van der Waals surface area contributed by atoms with E-state index in [0.29, 0.717) is 6.42 Å². The normalized spacial score (nSPS) is 10.7. The lowest BCUT2D eigenvalue weighted by atomic mass is 10.0. The minimum Gasteiger partial charge on any atom is -0.396 e. The van der Waals surface area contributed by atoms with Crippen molar-refractivity contribution >= 4 is 0 Å². The van der Waals surface area contributed by atoms with Gasteiger partial charge in [0.15, 0.2) is 0 Å². The van der Waals surface area contributed by atoms with Crippen LogP contribution in [0.3, 0.4) is 0 Å². The zero-order chi connectivity index (χ0) is 11.5. The Balaban J connectivity index is 2.35. The van der Waals surface area contributed by atoms with E-state index in [-0.39, 0.29) is 6.61 Å². The average molecular weight is 217 g/mol. The summed E-state index contributed by atoms with van der Waals surface area (Å²) in [5, 5.41) is 12.8. The molecule has 0 aliphatic heterocycles. The lowest BCUT2D eigenvalue weighted by Crippen LogP contribution is -1.90. The molecule has 2 aromatic rings. The van der Waals surface area contributed by atoms with Crippen LogP contribution in [0.4, 0.5) is 0 Å². The first kappa shape index (κ1) is 10.9. The zero-order valence-electron chi connectivity index (χ0n) is 9.53. The van der Waals surface area contributed by atoms with Crippen LogP contribution in [0.25, 0.3) is 11.1 Å². The Hall–Kier alpha value is -1.61. The van der Waals surface area contributed by atoms with Gasteiger partial charge in [-0.2, -0.15) is 0 Å². The summed E-state index contributed by atoms with van der Waals surface area (Å²) in [5.74, 6) is 0.840.